The molecule has 1 atom stereocenters. The Morgan fingerprint density at radius 2 is 2.05 bits per heavy atom. The molecule has 4 N–H and O–H groups in total. The predicted octanol–water partition coefficient (Wildman–Crippen LogP) is 1.92. The second kappa shape index (κ2) is 6.04. The monoisotopic (exact) mass is 298 g/mol. The molecule has 0 fully saturated rings. The molecule has 0 aromatic carbocycles. The maximum absolute atomic E-state index is 12.0. The molecule has 2 amide bonds. The molecule has 20 heavy (non-hydrogen) atoms. The molecule has 1 rings (SSSR count). The maximum Gasteiger partial charge on any atom is 0.310 e. The zero-order valence-electron chi connectivity index (χ0n) is 11.6. The van der Waals surface area contributed by atoms with Gasteiger partial charge in [0, 0.05) is 6.42 Å². The number of carboxylic acid groups (broad SMARTS) is 1. The van der Waals surface area contributed by atoms with Crippen molar-refractivity contribution in [3.05, 3.63) is 17.0 Å². The van der Waals surface area contributed by atoms with Gasteiger partial charge in [0.15, 0.2) is 0 Å². The molecular formula is C13H18N2O4S. The SMILES string of the molecule is CC(C)[C@@](C)(CC(=O)Nc1sccc1C(N)=O)C(=O)O. The highest BCUT2D eigenvalue weighted by atomic mass is 32.1. The van der Waals surface area contributed by atoms with Crippen molar-refractivity contribution in [2.75, 3.05) is 5.32 Å². The molecule has 0 saturated carbocycles. The molecule has 0 saturated heterocycles. The highest BCUT2D eigenvalue weighted by molar-refractivity contribution is 7.14. The first-order valence-corrected chi connectivity index (χ1v) is 6.97. The number of carbonyl (C=O) groups excluding carboxylic acids is 2. The van der Waals surface area contributed by atoms with E-state index in [4.69, 9.17) is 5.73 Å². The van der Waals surface area contributed by atoms with Gasteiger partial charge in [0.05, 0.1) is 11.0 Å². The zero-order valence-corrected chi connectivity index (χ0v) is 12.4. The highest BCUT2D eigenvalue weighted by Crippen LogP contribution is 2.32. The Bertz CT molecular complexity index is 538. The lowest BCUT2D eigenvalue weighted by atomic mass is 9.76. The van der Waals surface area contributed by atoms with Crippen LogP contribution in [0.25, 0.3) is 0 Å². The third kappa shape index (κ3) is 3.36. The summed E-state index contributed by atoms with van der Waals surface area (Å²) in [6.45, 7) is 5.03. The second-order valence-electron chi connectivity index (χ2n) is 5.13. The lowest BCUT2D eigenvalue weighted by Gasteiger charge is -2.28. The van der Waals surface area contributed by atoms with Crippen LogP contribution in [0, 0.1) is 11.3 Å². The molecule has 0 aliphatic carbocycles. The number of nitrogens with one attached hydrogen (secondary N) is 1. The Balaban J connectivity index is 2.84. The highest BCUT2D eigenvalue weighted by Gasteiger charge is 2.39. The fourth-order valence-corrected chi connectivity index (χ4v) is 2.44. The smallest absolute Gasteiger partial charge is 0.310 e. The van der Waals surface area contributed by atoms with Crippen LogP contribution in [0.15, 0.2) is 11.4 Å². The van der Waals surface area contributed by atoms with Gasteiger partial charge in [-0.05, 0) is 24.3 Å². The van der Waals surface area contributed by atoms with E-state index >= 15 is 0 Å². The van der Waals surface area contributed by atoms with Crippen LogP contribution in [-0.2, 0) is 9.59 Å². The van der Waals surface area contributed by atoms with Crippen LogP contribution in [0.5, 0.6) is 0 Å². The molecule has 0 aliphatic rings. The first-order valence-electron chi connectivity index (χ1n) is 6.09. The number of carboxylic acids is 1. The zero-order chi connectivity index (χ0) is 15.5. The molecule has 0 spiro atoms. The van der Waals surface area contributed by atoms with Crippen molar-refractivity contribution >= 4 is 34.1 Å². The van der Waals surface area contributed by atoms with Gasteiger partial charge in [0.25, 0.3) is 5.91 Å². The summed E-state index contributed by atoms with van der Waals surface area (Å²) in [6.07, 6.45) is -0.171. The van der Waals surface area contributed by atoms with Gasteiger partial charge >= 0.3 is 5.97 Å². The van der Waals surface area contributed by atoms with Crippen molar-refractivity contribution in [2.45, 2.75) is 27.2 Å². The van der Waals surface area contributed by atoms with E-state index in [1.807, 2.05) is 0 Å². The van der Waals surface area contributed by atoms with Crippen molar-refractivity contribution in [2.24, 2.45) is 17.1 Å². The van der Waals surface area contributed by atoms with Crippen LogP contribution in [-0.4, -0.2) is 22.9 Å². The van der Waals surface area contributed by atoms with Gasteiger partial charge in [0.2, 0.25) is 5.91 Å². The molecule has 0 bridgehead atoms. The van der Waals surface area contributed by atoms with Gasteiger partial charge in [-0.15, -0.1) is 11.3 Å². The van der Waals surface area contributed by atoms with Crippen molar-refractivity contribution in [3.63, 3.8) is 0 Å². The van der Waals surface area contributed by atoms with Gasteiger partial charge in [-0.1, -0.05) is 13.8 Å². The topological polar surface area (TPSA) is 109 Å². The van der Waals surface area contributed by atoms with Crippen molar-refractivity contribution < 1.29 is 19.5 Å². The molecule has 0 unspecified atom stereocenters. The minimum Gasteiger partial charge on any atom is -0.481 e. The summed E-state index contributed by atoms with van der Waals surface area (Å²) in [4.78, 5) is 34.5. The van der Waals surface area contributed by atoms with Crippen molar-refractivity contribution in [3.8, 4) is 0 Å². The Kier molecular flexibility index (Phi) is 4.88. The summed E-state index contributed by atoms with van der Waals surface area (Å²) in [5.74, 6) is -2.31. The Labute approximate surface area is 121 Å². The molecular weight excluding hydrogens is 280 g/mol. The van der Waals surface area contributed by atoms with E-state index in [-0.39, 0.29) is 17.9 Å². The lowest BCUT2D eigenvalue weighted by Crippen LogP contribution is -2.37. The Morgan fingerprint density at radius 3 is 2.50 bits per heavy atom. The van der Waals surface area contributed by atoms with Crippen LogP contribution < -0.4 is 11.1 Å². The fraction of sp³-hybridized carbons (Fsp3) is 0.462. The van der Waals surface area contributed by atoms with Crippen LogP contribution in [0.4, 0.5) is 5.00 Å². The van der Waals surface area contributed by atoms with Crippen LogP contribution in [0.1, 0.15) is 37.6 Å². The summed E-state index contributed by atoms with van der Waals surface area (Å²) in [7, 11) is 0. The van der Waals surface area contributed by atoms with Gasteiger partial charge in [-0.2, -0.15) is 0 Å². The molecule has 1 heterocycles. The number of carbonyl (C=O) groups is 3. The van der Waals surface area contributed by atoms with E-state index < -0.39 is 23.2 Å². The summed E-state index contributed by atoms with van der Waals surface area (Å²) in [5, 5.41) is 13.8. The number of primary amides is 1. The van der Waals surface area contributed by atoms with Gasteiger partial charge in [-0.25, -0.2) is 0 Å². The molecule has 1 aromatic heterocycles. The first-order chi connectivity index (χ1) is 9.18. The van der Waals surface area contributed by atoms with Crippen LogP contribution in [0.2, 0.25) is 0 Å². The van der Waals surface area contributed by atoms with Crippen molar-refractivity contribution in [1.29, 1.82) is 0 Å². The van der Waals surface area contributed by atoms with E-state index in [1.54, 1.807) is 19.2 Å². The van der Waals surface area contributed by atoms with Gasteiger partial charge in [-0.3, -0.25) is 14.4 Å². The number of rotatable bonds is 6. The largest absolute Gasteiger partial charge is 0.481 e. The van der Waals surface area contributed by atoms with E-state index in [0.717, 1.165) is 0 Å². The number of aliphatic carboxylic acids is 1. The third-order valence-electron chi connectivity index (χ3n) is 3.47. The average molecular weight is 298 g/mol. The minimum absolute atomic E-state index is 0.171. The third-order valence-corrected chi connectivity index (χ3v) is 4.30. The molecule has 6 nitrogen and oxygen atoms in total. The van der Waals surface area contributed by atoms with Crippen LogP contribution >= 0.6 is 11.3 Å². The second-order valence-corrected chi connectivity index (χ2v) is 6.05. The molecule has 0 aliphatic heterocycles. The van der Waals surface area contributed by atoms with E-state index in [2.05, 4.69) is 5.32 Å². The Hall–Kier alpha value is -1.89. The fourth-order valence-electron chi connectivity index (χ4n) is 1.63. The number of anilines is 1. The maximum atomic E-state index is 12.0. The summed E-state index contributed by atoms with van der Waals surface area (Å²) < 4.78 is 0. The standard InChI is InChI=1S/C13H18N2O4S/c1-7(2)13(3,12(18)19)6-9(16)15-11-8(10(14)17)4-5-20-11/h4-5,7H,6H2,1-3H3,(H2,14,17)(H,15,16)(H,18,19)/t13-/m1/s1. The summed E-state index contributed by atoms with van der Waals surface area (Å²) in [5.41, 5.74) is 4.25. The number of hydrogen-bond donors (Lipinski definition) is 3. The Morgan fingerprint density at radius 1 is 1.45 bits per heavy atom. The molecule has 110 valence electrons. The van der Waals surface area contributed by atoms with Gasteiger partial charge in [0.1, 0.15) is 5.00 Å². The molecule has 1 aromatic rings. The quantitative estimate of drug-likeness (QED) is 0.745. The van der Waals surface area contributed by atoms with E-state index in [9.17, 15) is 19.5 Å². The minimum atomic E-state index is -1.16. The number of hydrogen-bond acceptors (Lipinski definition) is 4. The van der Waals surface area contributed by atoms with E-state index in [0.29, 0.717) is 5.00 Å². The first kappa shape index (κ1) is 16.2. The van der Waals surface area contributed by atoms with Gasteiger partial charge < -0.3 is 16.2 Å². The normalized spacial score (nSPS) is 13.8. The number of thiophene rings is 1. The van der Waals surface area contributed by atoms with Crippen molar-refractivity contribution in [1.82, 2.24) is 0 Å². The van der Waals surface area contributed by atoms with Crippen LogP contribution in [0.3, 0.4) is 0 Å². The molecule has 0 radical (unpaired) electrons. The number of amides is 2. The average Bonchev–Trinajstić information content (AvgIpc) is 2.76. The summed E-state index contributed by atoms with van der Waals surface area (Å²) >= 11 is 1.17. The molecule has 7 heteroatoms. The summed E-state index contributed by atoms with van der Waals surface area (Å²) in [6, 6.07) is 1.52. The lowest BCUT2D eigenvalue weighted by molar-refractivity contribution is -0.153. The predicted molar refractivity (Wildman–Crippen MR) is 76.7 cm³/mol. The van der Waals surface area contributed by atoms with E-state index in [1.165, 1.54) is 24.3 Å². The number of nitrogens with two attached hydrogens (primary N) is 1.